The number of carbonyl (C=O) groups is 2. The summed E-state index contributed by atoms with van der Waals surface area (Å²) in [6.07, 6.45) is 2.47. The van der Waals surface area contributed by atoms with Crippen molar-refractivity contribution >= 4 is 33.2 Å². The van der Waals surface area contributed by atoms with Crippen LogP contribution in [0.15, 0.2) is 41.3 Å². The molecule has 4 rings (SSSR count). The lowest BCUT2D eigenvalue weighted by molar-refractivity contribution is -0.121. The number of nitrogens with zero attached hydrogens (tertiary/aromatic N) is 2. The number of benzene rings is 2. The molecule has 2 heterocycles. The molecule has 2 amide bonds. The summed E-state index contributed by atoms with van der Waals surface area (Å²) >= 11 is 0. The first kappa shape index (κ1) is 21.5. The minimum absolute atomic E-state index is 0.114. The van der Waals surface area contributed by atoms with Gasteiger partial charge in [-0.2, -0.15) is 4.31 Å². The van der Waals surface area contributed by atoms with E-state index in [9.17, 15) is 18.0 Å². The van der Waals surface area contributed by atoms with E-state index in [2.05, 4.69) is 5.32 Å². The molecule has 31 heavy (non-hydrogen) atoms. The van der Waals surface area contributed by atoms with Crippen LogP contribution < -0.4 is 10.2 Å². The monoisotopic (exact) mass is 441 g/mol. The highest BCUT2D eigenvalue weighted by atomic mass is 32.2. The van der Waals surface area contributed by atoms with Crippen LogP contribution in [0.2, 0.25) is 0 Å². The van der Waals surface area contributed by atoms with Crippen molar-refractivity contribution in [1.29, 1.82) is 0 Å². The third-order valence-electron chi connectivity index (χ3n) is 6.05. The van der Waals surface area contributed by atoms with Gasteiger partial charge in [0.05, 0.1) is 4.90 Å². The predicted octanol–water partition coefficient (Wildman–Crippen LogP) is 3.01. The molecular weight excluding hydrogens is 414 g/mol. The normalized spacial score (nSPS) is 17.0. The van der Waals surface area contributed by atoms with Crippen LogP contribution in [0.5, 0.6) is 0 Å². The number of amides is 2. The number of hydrogen-bond acceptors (Lipinski definition) is 4. The molecule has 0 unspecified atom stereocenters. The van der Waals surface area contributed by atoms with Crippen LogP contribution in [0.1, 0.15) is 36.0 Å². The van der Waals surface area contributed by atoms with E-state index in [4.69, 9.17) is 0 Å². The summed E-state index contributed by atoms with van der Waals surface area (Å²) in [6.45, 7) is 4.95. The molecule has 1 N–H and O–H groups in total. The Morgan fingerprint density at radius 3 is 2.45 bits per heavy atom. The van der Waals surface area contributed by atoms with Crippen molar-refractivity contribution in [2.45, 2.75) is 44.4 Å². The van der Waals surface area contributed by atoms with Gasteiger partial charge < -0.3 is 10.2 Å². The van der Waals surface area contributed by atoms with Crippen molar-refractivity contribution < 1.29 is 18.0 Å². The lowest BCUT2D eigenvalue weighted by Gasteiger charge is -2.29. The lowest BCUT2D eigenvalue weighted by Crippen LogP contribution is -2.41. The van der Waals surface area contributed by atoms with Gasteiger partial charge >= 0.3 is 0 Å². The van der Waals surface area contributed by atoms with Crippen molar-refractivity contribution in [3.8, 4) is 0 Å². The summed E-state index contributed by atoms with van der Waals surface area (Å²) < 4.78 is 27.3. The largest absolute Gasteiger partial charge is 0.325 e. The molecule has 7 nitrogen and oxygen atoms in total. The number of anilines is 2. The van der Waals surface area contributed by atoms with E-state index in [0.717, 1.165) is 29.5 Å². The average Bonchev–Trinajstić information content (AvgIpc) is 3.28. The number of fused-ring (bicyclic) bond motifs is 1. The van der Waals surface area contributed by atoms with Crippen molar-refractivity contribution in [2.75, 3.05) is 29.9 Å². The molecule has 0 aliphatic carbocycles. The van der Waals surface area contributed by atoms with Crippen LogP contribution in [0.25, 0.3) is 0 Å². The fourth-order valence-electron chi connectivity index (χ4n) is 4.11. The fraction of sp³-hybridized carbons (Fsp3) is 0.391. The van der Waals surface area contributed by atoms with Crippen molar-refractivity contribution in [2.24, 2.45) is 0 Å². The molecule has 1 saturated heterocycles. The Morgan fingerprint density at radius 2 is 1.74 bits per heavy atom. The van der Waals surface area contributed by atoms with Crippen LogP contribution >= 0.6 is 0 Å². The van der Waals surface area contributed by atoms with Crippen LogP contribution in [-0.2, 0) is 26.0 Å². The molecule has 0 saturated carbocycles. The Bertz CT molecular complexity index is 1140. The van der Waals surface area contributed by atoms with E-state index in [-0.39, 0.29) is 29.7 Å². The zero-order valence-corrected chi connectivity index (χ0v) is 18.7. The van der Waals surface area contributed by atoms with Crippen LogP contribution in [-0.4, -0.2) is 44.2 Å². The van der Waals surface area contributed by atoms with Crippen LogP contribution in [0, 0.1) is 13.8 Å². The molecule has 2 aromatic carbocycles. The molecule has 1 fully saturated rings. The van der Waals surface area contributed by atoms with Gasteiger partial charge in [0.25, 0.3) is 0 Å². The summed E-state index contributed by atoms with van der Waals surface area (Å²) in [5.41, 5.74) is 4.28. The highest BCUT2D eigenvalue weighted by Gasteiger charge is 2.31. The summed E-state index contributed by atoms with van der Waals surface area (Å²) in [5, 5.41) is 2.85. The van der Waals surface area contributed by atoms with Gasteiger partial charge in [-0.15, -0.1) is 0 Å². The molecule has 2 aromatic rings. The third-order valence-corrected chi connectivity index (χ3v) is 7.94. The molecule has 0 spiro atoms. The van der Waals surface area contributed by atoms with E-state index in [1.54, 1.807) is 18.2 Å². The molecule has 164 valence electrons. The molecular formula is C23H27N3O4S. The van der Waals surface area contributed by atoms with E-state index < -0.39 is 10.0 Å². The average molecular weight is 442 g/mol. The van der Waals surface area contributed by atoms with E-state index in [1.165, 1.54) is 9.21 Å². The van der Waals surface area contributed by atoms with E-state index in [1.807, 2.05) is 32.0 Å². The third kappa shape index (κ3) is 4.36. The van der Waals surface area contributed by atoms with Gasteiger partial charge in [0.2, 0.25) is 21.8 Å². The SMILES string of the molecule is Cc1ccc(NC(=O)CN2C(=O)CCc3cc(S(=O)(=O)N4CCCC4)ccc32)cc1C. The maximum absolute atomic E-state index is 12.9. The predicted molar refractivity (Wildman–Crippen MR) is 120 cm³/mol. The zero-order valence-electron chi connectivity index (χ0n) is 17.8. The first-order chi connectivity index (χ1) is 14.8. The maximum Gasteiger partial charge on any atom is 0.244 e. The van der Waals surface area contributed by atoms with E-state index >= 15 is 0 Å². The standard InChI is InChI=1S/C23H27N3O4S/c1-16-5-7-19(13-17(16)2)24-22(27)15-26-21-9-8-20(14-18(21)6-10-23(26)28)31(29,30)25-11-3-4-12-25/h5,7-9,13-14H,3-4,6,10-12,15H2,1-2H3,(H,24,27). The smallest absolute Gasteiger partial charge is 0.244 e. The molecule has 2 aliphatic heterocycles. The second kappa shape index (κ2) is 8.43. The number of nitrogens with one attached hydrogen (secondary N) is 1. The number of aryl methyl sites for hydroxylation is 3. The highest BCUT2D eigenvalue weighted by molar-refractivity contribution is 7.89. The van der Waals surface area contributed by atoms with Gasteiger partial charge in [0, 0.05) is 30.9 Å². The fourth-order valence-corrected chi connectivity index (χ4v) is 5.68. The summed E-state index contributed by atoms with van der Waals surface area (Å²) in [4.78, 5) is 26.9. The highest BCUT2D eigenvalue weighted by Crippen LogP contribution is 2.31. The number of sulfonamides is 1. The van der Waals surface area contributed by atoms with Crippen LogP contribution in [0.4, 0.5) is 11.4 Å². The molecule has 0 bridgehead atoms. The second-order valence-corrected chi connectivity index (χ2v) is 10.2. The van der Waals surface area contributed by atoms with Crippen molar-refractivity contribution in [1.82, 2.24) is 4.31 Å². The number of carbonyl (C=O) groups excluding carboxylic acids is 2. The first-order valence-electron chi connectivity index (χ1n) is 10.6. The molecule has 0 radical (unpaired) electrons. The number of rotatable bonds is 5. The van der Waals surface area contributed by atoms with Gasteiger partial charge in [-0.05, 0) is 80.1 Å². The number of hydrogen-bond donors (Lipinski definition) is 1. The van der Waals surface area contributed by atoms with Gasteiger partial charge in [-0.1, -0.05) is 6.07 Å². The summed E-state index contributed by atoms with van der Waals surface area (Å²) in [6, 6.07) is 10.5. The molecule has 8 heteroatoms. The van der Waals surface area contributed by atoms with Gasteiger partial charge in [-0.3, -0.25) is 9.59 Å². The van der Waals surface area contributed by atoms with Crippen molar-refractivity contribution in [3.63, 3.8) is 0 Å². The Balaban J connectivity index is 1.54. The summed E-state index contributed by atoms with van der Waals surface area (Å²) in [7, 11) is -3.52. The minimum Gasteiger partial charge on any atom is -0.325 e. The van der Waals surface area contributed by atoms with E-state index in [0.29, 0.717) is 30.9 Å². The molecule has 0 atom stereocenters. The molecule has 0 aromatic heterocycles. The topological polar surface area (TPSA) is 86.8 Å². The minimum atomic E-state index is -3.52. The molecule has 2 aliphatic rings. The lowest BCUT2D eigenvalue weighted by atomic mass is 10.0. The maximum atomic E-state index is 12.9. The Morgan fingerprint density at radius 1 is 1.00 bits per heavy atom. The Labute approximate surface area is 183 Å². The van der Waals surface area contributed by atoms with Crippen molar-refractivity contribution in [3.05, 3.63) is 53.1 Å². The Hall–Kier alpha value is -2.71. The quantitative estimate of drug-likeness (QED) is 0.773. The zero-order chi connectivity index (χ0) is 22.2. The Kier molecular flexibility index (Phi) is 5.85. The van der Waals surface area contributed by atoms with Crippen LogP contribution in [0.3, 0.4) is 0 Å². The summed E-state index contributed by atoms with van der Waals surface area (Å²) in [5.74, 6) is -0.434. The van der Waals surface area contributed by atoms with Gasteiger partial charge in [0.1, 0.15) is 6.54 Å². The first-order valence-corrected chi connectivity index (χ1v) is 12.0. The van der Waals surface area contributed by atoms with Gasteiger partial charge in [0.15, 0.2) is 0 Å². The second-order valence-electron chi connectivity index (χ2n) is 8.23. The van der Waals surface area contributed by atoms with Gasteiger partial charge in [-0.25, -0.2) is 8.42 Å².